The molecule has 1 aliphatic rings. The first-order valence-electron chi connectivity index (χ1n) is 7.49. The highest BCUT2D eigenvalue weighted by atomic mass is 14.9. The molecule has 1 saturated carbocycles. The molecule has 0 radical (unpaired) electrons. The number of hydrogen-bond donors (Lipinski definition) is 1. The Balaban J connectivity index is 2.28. The van der Waals surface area contributed by atoms with Crippen molar-refractivity contribution >= 4 is 0 Å². The van der Waals surface area contributed by atoms with Crippen molar-refractivity contribution in [3.05, 3.63) is 35.9 Å². The molecule has 1 aromatic carbocycles. The van der Waals surface area contributed by atoms with Gasteiger partial charge in [0, 0.05) is 11.5 Å². The molecule has 1 aromatic rings. The van der Waals surface area contributed by atoms with Gasteiger partial charge < -0.3 is 5.32 Å². The predicted octanol–water partition coefficient (Wildman–Crippen LogP) is 4.13. The molecule has 0 heterocycles. The molecule has 0 spiro atoms. The standard InChI is InChI=1S/C17H27N/c1-4-17(5-2,15-9-7-6-8-10-15)16(18-3)13-14-11-12-14/h6-10,14,16,18H,4-5,11-13H2,1-3H3. The summed E-state index contributed by atoms with van der Waals surface area (Å²) in [6.07, 6.45) is 6.65. The average molecular weight is 245 g/mol. The molecule has 1 atom stereocenters. The van der Waals surface area contributed by atoms with Crippen LogP contribution in [0.25, 0.3) is 0 Å². The van der Waals surface area contributed by atoms with Crippen molar-refractivity contribution in [1.82, 2.24) is 5.32 Å². The summed E-state index contributed by atoms with van der Waals surface area (Å²) in [4.78, 5) is 0. The maximum Gasteiger partial charge on any atom is 0.0163 e. The minimum absolute atomic E-state index is 0.304. The first kappa shape index (κ1) is 13.6. The van der Waals surface area contributed by atoms with Crippen molar-refractivity contribution in [2.24, 2.45) is 5.92 Å². The van der Waals surface area contributed by atoms with Crippen LogP contribution in [-0.4, -0.2) is 13.1 Å². The molecule has 1 unspecified atom stereocenters. The van der Waals surface area contributed by atoms with Crippen molar-refractivity contribution in [1.29, 1.82) is 0 Å². The van der Waals surface area contributed by atoms with Crippen LogP contribution in [-0.2, 0) is 5.41 Å². The fraction of sp³-hybridized carbons (Fsp3) is 0.647. The van der Waals surface area contributed by atoms with Gasteiger partial charge in [-0.2, -0.15) is 0 Å². The first-order chi connectivity index (χ1) is 8.76. The Morgan fingerprint density at radius 3 is 2.22 bits per heavy atom. The van der Waals surface area contributed by atoms with E-state index in [4.69, 9.17) is 0 Å². The van der Waals surface area contributed by atoms with Crippen molar-refractivity contribution < 1.29 is 0 Å². The molecule has 1 heteroatoms. The van der Waals surface area contributed by atoms with E-state index < -0.39 is 0 Å². The lowest BCUT2D eigenvalue weighted by atomic mass is 9.68. The van der Waals surface area contributed by atoms with E-state index in [0.717, 1.165) is 5.92 Å². The summed E-state index contributed by atoms with van der Waals surface area (Å²) in [5.74, 6) is 0.976. The molecule has 0 saturated heterocycles. The molecule has 2 rings (SSSR count). The highest BCUT2D eigenvalue weighted by molar-refractivity contribution is 5.28. The third-order valence-corrected chi connectivity index (χ3v) is 4.89. The summed E-state index contributed by atoms with van der Waals surface area (Å²) in [6.45, 7) is 4.68. The van der Waals surface area contributed by atoms with Gasteiger partial charge in [-0.3, -0.25) is 0 Å². The minimum Gasteiger partial charge on any atom is -0.316 e. The Morgan fingerprint density at radius 1 is 1.17 bits per heavy atom. The van der Waals surface area contributed by atoms with Crippen molar-refractivity contribution in [3.63, 3.8) is 0 Å². The second-order valence-electron chi connectivity index (χ2n) is 5.75. The van der Waals surface area contributed by atoms with Crippen LogP contribution < -0.4 is 5.32 Å². The molecule has 0 bridgehead atoms. The smallest absolute Gasteiger partial charge is 0.0163 e. The van der Waals surface area contributed by atoms with Crippen LogP contribution >= 0.6 is 0 Å². The SMILES string of the molecule is CCC(CC)(c1ccccc1)C(CC1CC1)NC. The van der Waals surface area contributed by atoms with E-state index >= 15 is 0 Å². The number of benzene rings is 1. The van der Waals surface area contributed by atoms with E-state index in [-0.39, 0.29) is 0 Å². The molecule has 1 N–H and O–H groups in total. The second kappa shape index (κ2) is 5.88. The van der Waals surface area contributed by atoms with Gasteiger partial charge in [0.15, 0.2) is 0 Å². The first-order valence-corrected chi connectivity index (χ1v) is 7.49. The van der Waals surface area contributed by atoms with Crippen molar-refractivity contribution in [2.75, 3.05) is 7.05 Å². The maximum atomic E-state index is 3.61. The van der Waals surface area contributed by atoms with Gasteiger partial charge in [0.1, 0.15) is 0 Å². The number of likely N-dealkylation sites (N-methyl/N-ethyl adjacent to an activating group) is 1. The Kier molecular flexibility index (Phi) is 4.45. The van der Waals surface area contributed by atoms with E-state index in [1.807, 2.05) is 0 Å². The fourth-order valence-corrected chi connectivity index (χ4v) is 3.43. The highest BCUT2D eigenvalue weighted by Gasteiger charge is 2.39. The lowest BCUT2D eigenvalue weighted by Crippen LogP contribution is -2.47. The van der Waals surface area contributed by atoms with E-state index in [1.54, 1.807) is 0 Å². The van der Waals surface area contributed by atoms with Gasteiger partial charge in [-0.05, 0) is 37.8 Å². The summed E-state index contributed by atoms with van der Waals surface area (Å²) < 4.78 is 0. The van der Waals surface area contributed by atoms with Gasteiger partial charge >= 0.3 is 0 Å². The van der Waals surface area contributed by atoms with Gasteiger partial charge in [0.05, 0.1) is 0 Å². The molecular formula is C17H27N. The zero-order chi connectivity index (χ0) is 13.0. The summed E-state index contributed by atoms with van der Waals surface area (Å²) in [5, 5.41) is 3.61. The van der Waals surface area contributed by atoms with Gasteiger partial charge in [0.2, 0.25) is 0 Å². The Bertz CT molecular complexity index is 349. The van der Waals surface area contributed by atoms with E-state index in [9.17, 15) is 0 Å². The van der Waals surface area contributed by atoms with Crippen LogP contribution in [0.1, 0.15) is 51.5 Å². The van der Waals surface area contributed by atoms with E-state index in [2.05, 4.69) is 56.5 Å². The molecule has 1 fully saturated rings. The molecule has 0 aromatic heterocycles. The minimum atomic E-state index is 0.304. The van der Waals surface area contributed by atoms with Gasteiger partial charge in [-0.25, -0.2) is 0 Å². The molecule has 1 aliphatic carbocycles. The third kappa shape index (κ3) is 2.61. The van der Waals surface area contributed by atoms with Crippen LogP contribution in [0.15, 0.2) is 30.3 Å². The zero-order valence-corrected chi connectivity index (χ0v) is 12.1. The van der Waals surface area contributed by atoms with E-state index in [0.29, 0.717) is 11.5 Å². The summed E-state index contributed by atoms with van der Waals surface area (Å²) >= 11 is 0. The number of nitrogens with one attached hydrogen (secondary N) is 1. The number of hydrogen-bond acceptors (Lipinski definition) is 1. The highest BCUT2D eigenvalue weighted by Crippen LogP contribution is 2.42. The summed E-state index contributed by atoms with van der Waals surface area (Å²) in [6, 6.07) is 11.7. The quantitative estimate of drug-likeness (QED) is 0.761. The van der Waals surface area contributed by atoms with Crippen LogP contribution in [0.5, 0.6) is 0 Å². The fourth-order valence-electron chi connectivity index (χ4n) is 3.43. The summed E-state index contributed by atoms with van der Waals surface area (Å²) in [7, 11) is 2.13. The van der Waals surface area contributed by atoms with Gasteiger partial charge in [0.25, 0.3) is 0 Å². The normalized spacial score (nSPS) is 17.7. The molecule has 0 aliphatic heterocycles. The zero-order valence-electron chi connectivity index (χ0n) is 12.1. The Morgan fingerprint density at radius 2 is 1.78 bits per heavy atom. The average Bonchev–Trinajstić information content (AvgIpc) is 3.24. The monoisotopic (exact) mass is 245 g/mol. The Hall–Kier alpha value is -0.820. The van der Waals surface area contributed by atoms with Gasteiger partial charge in [-0.15, -0.1) is 0 Å². The lowest BCUT2D eigenvalue weighted by Gasteiger charge is -2.40. The second-order valence-corrected chi connectivity index (χ2v) is 5.75. The number of rotatable bonds is 7. The molecule has 100 valence electrons. The molecule has 0 amide bonds. The topological polar surface area (TPSA) is 12.0 Å². The van der Waals surface area contributed by atoms with Crippen LogP contribution in [0.3, 0.4) is 0 Å². The molecule has 18 heavy (non-hydrogen) atoms. The maximum absolute atomic E-state index is 3.61. The van der Waals surface area contributed by atoms with Crippen molar-refractivity contribution in [3.8, 4) is 0 Å². The third-order valence-electron chi connectivity index (χ3n) is 4.89. The van der Waals surface area contributed by atoms with Gasteiger partial charge in [-0.1, -0.05) is 57.0 Å². The van der Waals surface area contributed by atoms with E-state index in [1.165, 1.54) is 37.7 Å². The largest absolute Gasteiger partial charge is 0.316 e. The van der Waals surface area contributed by atoms with Crippen LogP contribution in [0.2, 0.25) is 0 Å². The molecule has 1 nitrogen and oxygen atoms in total. The predicted molar refractivity (Wildman–Crippen MR) is 78.9 cm³/mol. The van der Waals surface area contributed by atoms with Crippen LogP contribution in [0, 0.1) is 5.92 Å². The van der Waals surface area contributed by atoms with Crippen LogP contribution in [0.4, 0.5) is 0 Å². The van der Waals surface area contributed by atoms with Crippen molar-refractivity contribution in [2.45, 2.75) is 57.4 Å². The molecular weight excluding hydrogens is 218 g/mol. The Labute approximate surface area is 112 Å². The summed E-state index contributed by atoms with van der Waals surface area (Å²) in [5.41, 5.74) is 1.81. The lowest BCUT2D eigenvalue weighted by molar-refractivity contribution is 0.261.